The molecule has 1 atom stereocenters. The van der Waals surface area contributed by atoms with Crippen LogP contribution >= 0.6 is 0 Å². The highest BCUT2D eigenvalue weighted by Gasteiger charge is 2.23. The van der Waals surface area contributed by atoms with Crippen LogP contribution in [-0.4, -0.2) is 12.7 Å². The Labute approximate surface area is 64.8 Å². The molecule has 0 aliphatic carbocycles. The molecule has 58 valence electrons. The predicted octanol–water partition coefficient (Wildman–Crippen LogP) is 1.77. The van der Waals surface area contributed by atoms with E-state index in [0.29, 0.717) is 6.42 Å². The number of benzene rings is 1. The van der Waals surface area contributed by atoms with Crippen LogP contribution in [-0.2, 0) is 11.2 Å². The monoisotopic (exact) mass is 152 g/mol. The number of ether oxygens (including phenoxy) is 1. The molecule has 1 nitrogen and oxygen atoms in total. The average Bonchev–Trinajstić information content (AvgIpc) is 2.78. The minimum atomic E-state index is -0.122. The second-order valence-electron chi connectivity index (χ2n) is 2.75. The average molecular weight is 152 g/mol. The van der Waals surface area contributed by atoms with E-state index < -0.39 is 0 Å². The van der Waals surface area contributed by atoms with E-state index in [2.05, 4.69) is 0 Å². The molecule has 0 radical (unpaired) electrons. The Bertz CT molecular complexity index is 255. The first kappa shape index (κ1) is 6.80. The quantitative estimate of drug-likeness (QED) is 0.588. The van der Waals surface area contributed by atoms with Crippen molar-refractivity contribution in [2.45, 2.75) is 12.5 Å². The van der Waals surface area contributed by atoms with Crippen molar-refractivity contribution in [3.8, 4) is 0 Å². The second kappa shape index (κ2) is 2.62. The highest BCUT2D eigenvalue weighted by Crippen LogP contribution is 2.17. The van der Waals surface area contributed by atoms with Crippen LogP contribution in [0.2, 0.25) is 0 Å². The fourth-order valence-corrected chi connectivity index (χ4v) is 1.10. The maximum Gasteiger partial charge on any atom is 0.126 e. The molecule has 1 aromatic rings. The van der Waals surface area contributed by atoms with Gasteiger partial charge in [0.1, 0.15) is 5.82 Å². The third-order valence-electron chi connectivity index (χ3n) is 1.81. The van der Waals surface area contributed by atoms with Gasteiger partial charge >= 0.3 is 0 Å². The van der Waals surface area contributed by atoms with Crippen molar-refractivity contribution < 1.29 is 9.13 Å². The standard InChI is InChI=1S/C9H9FO/c10-9-4-2-1-3-7(9)5-8-6-11-8/h1-4,8H,5-6H2/t8-/m0/s1. The summed E-state index contributed by atoms with van der Waals surface area (Å²) in [6.45, 7) is 0.786. The molecule has 0 spiro atoms. The van der Waals surface area contributed by atoms with Crippen LogP contribution in [0.1, 0.15) is 5.56 Å². The number of halogens is 1. The minimum Gasteiger partial charge on any atom is -0.373 e. The molecule has 2 heteroatoms. The first-order valence-corrected chi connectivity index (χ1v) is 3.71. The number of hydrogen-bond acceptors (Lipinski definition) is 1. The van der Waals surface area contributed by atoms with Gasteiger partial charge in [-0.1, -0.05) is 18.2 Å². The molecule has 0 saturated carbocycles. The highest BCUT2D eigenvalue weighted by molar-refractivity contribution is 5.18. The largest absolute Gasteiger partial charge is 0.373 e. The van der Waals surface area contributed by atoms with Gasteiger partial charge in [0.15, 0.2) is 0 Å². The third-order valence-corrected chi connectivity index (χ3v) is 1.81. The zero-order chi connectivity index (χ0) is 7.68. The lowest BCUT2D eigenvalue weighted by molar-refractivity contribution is 0.405. The lowest BCUT2D eigenvalue weighted by Crippen LogP contribution is -1.95. The van der Waals surface area contributed by atoms with Crippen molar-refractivity contribution in [2.24, 2.45) is 0 Å². The molecular weight excluding hydrogens is 143 g/mol. The molecule has 1 fully saturated rings. The second-order valence-corrected chi connectivity index (χ2v) is 2.75. The van der Waals surface area contributed by atoms with E-state index in [-0.39, 0.29) is 11.9 Å². The van der Waals surface area contributed by atoms with Crippen LogP contribution in [0, 0.1) is 5.82 Å². The summed E-state index contributed by atoms with van der Waals surface area (Å²) in [6.07, 6.45) is 0.985. The molecule has 1 aliphatic rings. The van der Waals surface area contributed by atoms with Gasteiger partial charge in [-0.05, 0) is 11.6 Å². The normalized spacial score (nSPS) is 21.7. The Kier molecular flexibility index (Phi) is 1.62. The Morgan fingerprint density at radius 2 is 2.18 bits per heavy atom. The van der Waals surface area contributed by atoms with Crippen molar-refractivity contribution in [1.29, 1.82) is 0 Å². The molecule has 2 rings (SSSR count). The van der Waals surface area contributed by atoms with Crippen LogP contribution < -0.4 is 0 Å². The van der Waals surface area contributed by atoms with E-state index in [0.717, 1.165) is 12.2 Å². The molecule has 0 aromatic heterocycles. The van der Waals surface area contributed by atoms with Gasteiger partial charge in [-0.25, -0.2) is 4.39 Å². The minimum absolute atomic E-state index is 0.122. The molecule has 0 bridgehead atoms. The summed E-state index contributed by atoms with van der Waals surface area (Å²) in [5.74, 6) is -0.122. The molecule has 0 N–H and O–H groups in total. The first-order valence-electron chi connectivity index (χ1n) is 3.71. The smallest absolute Gasteiger partial charge is 0.126 e. The van der Waals surface area contributed by atoms with Crippen molar-refractivity contribution in [3.05, 3.63) is 35.6 Å². The molecule has 1 aliphatic heterocycles. The summed E-state index contributed by atoms with van der Waals surface area (Å²) in [5.41, 5.74) is 0.759. The van der Waals surface area contributed by atoms with Crippen molar-refractivity contribution in [3.63, 3.8) is 0 Å². The Hall–Kier alpha value is -0.890. The zero-order valence-corrected chi connectivity index (χ0v) is 6.09. The van der Waals surface area contributed by atoms with E-state index in [1.165, 1.54) is 6.07 Å². The van der Waals surface area contributed by atoms with E-state index >= 15 is 0 Å². The summed E-state index contributed by atoms with van der Waals surface area (Å²) >= 11 is 0. The first-order chi connectivity index (χ1) is 5.36. The van der Waals surface area contributed by atoms with Gasteiger partial charge in [-0.3, -0.25) is 0 Å². The highest BCUT2D eigenvalue weighted by atomic mass is 19.1. The van der Waals surface area contributed by atoms with Gasteiger partial charge in [-0.2, -0.15) is 0 Å². The van der Waals surface area contributed by atoms with Gasteiger partial charge in [0.05, 0.1) is 12.7 Å². The lowest BCUT2D eigenvalue weighted by Gasteiger charge is -1.97. The number of rotatable bonds is 2. The summed E-state index contributed by atoms with van der Waals surface area (Å²) in [4.78, 5) is 0. The number of epoxide rings is 1. The molecule has 0 amide bonds. The molecule has 0 unspecified atom stereocenters. The fourth-order valence-electron chi connectivity index (χ4n) is 1.10. The van der Waals surface area contributed by atoms with Crippen molar-refractivity contribution >= 4 is 0 Å². The van der Waals surface area contributed by atoms with Gasteiger partial charge in [0, 0.05) is 6.42 Å². The molecular formula is C9H9FO. The summed E-state index contributed by atoms with van der Waals surface area (Å²) < 4.78 is 17.9. The van der Waals surface area contributed by atoms with Crippen LogP contribution in [0.25, 0.3) is 0 Å². The van der Waals surface area contributed by atoms with E-state index in [9.17, 15) is 4.39 Å². The Morgan fingerprint density at radius 3 is 2.82 bits per heavy atom. The summed E-state index contributed by atoms with van der Waals surface area (Å²) in [5, 5.41) is 0. The van der Waals surface area contributed by atoms with Gasteiger partial charge in [-0.15, -0.1) is 0 Å². The van der Waals surface area contributed by atoms with Crippen LogP contribution in [0.5, 0.6) is 0 Å². The lowest BCUT2D eigenvalue weighted by atomic mass is 10.1. The molecule has 1 heterocycles. The molecule has 11 heavy (non-hydrogen) atoms. The SMILES string of the molecule is Fc1ccccc1C[C@H]1CO1. The van der Waals surface area contributed by atoms with E-state index in [4.69, 9.17) is 4.74 Å². The summed E-state index contributed by atoms with van der Waals surface area (Å²) in [7, 11) is 0. The zero-order valence-electron chi connectivity index (χ0n) is 6.09. The predicted molar refractivity (Wildman–Crippen MR) is 39.8 cm³/mol. The molecule has 1 saturated heterocycles. The van der Waals surface area contributed by atoms with E-state index in [1.54, 1.807) is 12.1 Å². The summed E-state index contributed by atoms with van der Waals surface area (Å²) in [6, 6.07) is 6.84. The maximum absolute atomic E-state index is 12.9. The maximum atomic E-state index is 12.9. The van der Waals surface area contributed by atoms with E-state index in [1.807, 2.05) is 6.07 Å². The topological polar surface area (TPSA) is 12.5 Å². The van der Waals surface area contributed by atoms with Gasteiger partial charge in [0.2, 0.25) is 0 Å². The molecule has 1 aromatic carbocycles. The Balaban J connectivity index is 2.15. The van der Waals surface area contributed by atoms with Crippen LogP contribution in [0.4, 0.5) is 4.39 Å². The van der Waals surface area contributed by atoms with Gasteiger partial charge in [0.25, 0.3) is 0 Å². The van der Waals surface area contributed by atoms with Crippen LogP contribution in [0.3, 0.4) is 0 Å². The van der Waals surface area contributed by atoms with Crippen LogP contribution in [0.15, 0.2) is 24.3 Å². The van der Waals surface area contributed by atoms with Crippen molar-refractivity contribution in [1.82, 2.24) is 0 Å². The number of hydrogen-bond donors (Lipinski definition) is 0. The Morgan fingerprint density at radius 1 is 1.45 bits per heavy atom. The van der Waals surface area contributed by atoms with Gasteiger partial charge < -0.3 is 4.74 Å². The third kappa shape index (κ3) is 1.57. The van der Waals surface area contributed by atoms with Crippen molar-refractivity contribution in [2.75, 3.05) is 6.61 Å². The fraction of sp³-hybridized carbons (Fsp3) is 0.333.